The minimum absolute atomic E-state index is 0.240. The monoisotopic (exact) mass is 565 g/mol. The lowest BCUT2D eigenvalue weighted by Gasteiger charge is -2.36. The van der Waals surface area contributed by atoms with Gasteiger partial charge in [-0.1, -0.05) is 111 Å². The number of nitrogens with zero attached hydrogens (tertiary/aromatic N) is 1. The van der Waals surface area contributed by atoms with Crippen LogP contribution in [0.25, 0.3) is 32.7 Å². The van der Waals surface area contributed by atoms with Crippen molar-refractivity contribution >= 4 is 34.0 Å². The Bertz CT molecular complexity index is 1750. The molecule has 4 atom stereocenters. The van der Waals surface area contributed by atoms with Gasteiger partial charge in [-0.2, -0.15) is 0 Å². The Morgan fingerprint density at radius 1 is 1.00 bits per heavy atom. The second-order valence-corrected chi connectivity index (χ2v) is 11.8. The molecular formula is C40H43N3. The van der Waals surface area contributed by atoms with Crippen LogP contribution in [-0.4, -0.2) is 19.0 Å². The molecular weight excluding hydrogens is 522 g/mol. The molecule has 3 heteroatoms. The first-order valence-electron chi connectivity index (χ1n) is 15.4. The molecule has 4 aromatic carbocycles. The normalized spacial score (nSPS) is 20.1. The maximum Gasteiger partial charge on any atom is 0.0630 e. The Hall–Kier alpha value is -4.34. The zero-order valence-electron chi connectivity index (χ0n) is 25.6. The fourth-order valence-corrected chi connectivity index (χ4v) is 6.56. The average Bonchev–Trinajstić information content (AvgIpc) is 3.04. The van der Waals surface area contributed by atoms with Gasteiger partial charge in [0.1, 0.15) is 0 Å². The lowest BCUT2D eigenvalue weighted by atomic mass is 9.70. The van der Waals surface area contributed by atoms with Crippen molar-refractivity contribution < 1.29 is 0 Å². The summed E-state index contributed by atoms with van der Waals surface area (Å²) in [6, 6.07) is 27.6. The van der Waals surface area contributed by atoms with Gasteiger partial charge in [-0.25, -0.2) is 0 Å². The van der Waals surface area contributed by atoms with E-state index in [0.29, 0.717) is 36.4 Å². The largest absolute Gasteiger partial charge is 0.330 e. The molecule has 0 fully saturated rings. The van der Waals surface area contributed by atoms with Crippen LogP contribution in [0.15, 0.2) is 132 Å². The van der Waals surface area contributed by atoms with E-state index in [4.69, 9.17) is 11.1 Å². The molecule has 4 aromatic rings. The molecule has 0 heterocycles. The van der Waals surface area contributed by atoms with Crippen LogP contribution in [0, 0.1) is 29.1 Å². The Morgan fingerprint density at radius 2 is 1.74 bits per heavy atom. The summed E-state index contributed by atoms with van der Waals surface area (Å²) in [5, 5.41) is 13.9. The predicted molar refractivity (Wildman–Crippen MR) is 187 cm³/mol. The number of hydrogen-bond donors (Lipinski definition) is 2. The van der Waals surface area contributed by atoms with E-state index in [2.05, 4.69) is 123 Å². The van der Waals surface area contributed by atoms with E-state index < -0.39 is 0 Å². The maximum atomic E-state index is 8.99. The van der Waals surface area contributed by atoms with Crippen LogP contribution >= 0.6 is 0 Å². The fraction of sp³-hybridized carbons (Fsp3) is 0.250. The molecule has 0 amide bonds. The summed E-state index contributed by atoms with van der Waals surface area (Å²) >= 11 is 0. The number of nitrogens with two attached hydrogens (primary N) is 1. The number of aliphatic imine (C=N–C) groups is 1. The van der Waals surface area contributed by atoms with Gasteiger partial charge < -0.3 is 11.1 Å². The Morgan fingerprint density at radius 3 is 2.49 bits per heavy atom. The van der Waals surface area contributed by atoms with Gasteiger partial charge in [0, 0.05) is 23.6 Å². The molecule has 3 N–H and O–H groups in total. The third-order valence-corrected chi connectivity index (χ3v) is 9.19. The number of rotatable bonds is 10. The molecule has 0 aliphatic heterocycles. The van der Waals surface area contributed by atoms with Crippen LogP contribution in [-0.2, 0) is 0 Å². The van der Waals surface area contributed by atoms with Crippen LogP contribution in [0.2, 0.25) is 0 Å². The third kappa shape index (κ3) is 6.53. The first-order chi connectivity index (χ1) is 20.9. The smallest absolute Gasteiger partial charge is 0.0630 e. The van der Waals surface area contributed by atoms with Crippen molar-refractivity contribution in [3.8, 4) is 11.1 Å². The highest BCUT2D eigenvalue weighted by Gasteiger charge is 2.30. The first kappa shape index (κ1) is 30.1. The van der Waals surface area contributed by atoms with Crippen molar-refractivity contribution in [3.63, 3.8) is 0 Å². The van der Waals surface area contributed by atoms with E-state index in [1.165, 1.54) is 32.7 Å². The highest BCUT2D eigenvalue weighted by molar-refractivity contribution is 6.14. The molecule has 0 radical (unpaired) electrons. The molecule has 3 nitrogen and oxygen atoms in total. The van der Waals surface area contributed by atoms with Gasteiger partial charge >= 0.3 is 0 Å². The minimum atomic E-state index is 0.240. The van der Waals surface area contributed by atoms with Gasteiger partial charge in [0.25, 0.3) is 0 Å². The lowest BCUT2D eigenvalue weighted by molar-refractivity contribution is 0.241. The highest BCUT2D eigenvalue weighted by Crippen LogP contribution is 2.38. The Labute approximate surface area is 256 Å². The average molecular weight is 566 g/mol. The van der Waals surface area contributed by atoms with Gasteiger partial charge in [-0.3, -0.25) is 4.99 Å². The Kier molecular flexibility index (Phi) is 9.64. The van der Waals surface area contributed by atoms with Crippen molar-refractivity contribution in [2.24, 2.45) is 34.4 Å². The molecule has 5 rings (SSSR count). The highest BCUT2D eigenvalue weighted by atomic mass is 14.7. The second-order valence-electron chi connectivity index (χ2n) is 11.8. The van der Waals surface area contributed by atoms with Gasteiger partial charge in [-0.15, -0.1) is 0 Å². The van der Waals surface area contributed by atoms with Crippen LogP contribution in [0.3, 0.4) is 0 Å². The molecule has 0 saturated heterocycles. The Balaban J connectivity index is 1.44. The van der Waals surface area contributed by atoms with Crippen molar-refractivity contribution in [3.05, 3.63) is 132 Å². The molecule has 218 valence electrons. The van der Waals surface area contributed by atoms with Crippen LogP contribution in [0.4, 0.5) is 0 Å². The number of nitrogens with one attached hydrogen (secondary N) is 1. The third-order valence-electron chi connectivity index (χ3n) is 9.19. The summed E-state index contributed by atoms with van der Waals surface area (Å²) in [6.07, 6.45) is 14.7. The van der Waals surface area contributed by atoms with Crippen LogP contribution in [0.5, 0.6) is 0 Å². The minimum Gasteiger partial charge on any atom is -0.330 e. The lowest BCUT2D eigenvalue weighted by Crippen LogP contribution is -2.32. The van der Waals surface area contributed by atoms with Gasteiger partial charge in [-0.05, 0) is 101 Å². The first-order valence-corrected chi connectivity index (χ1v) is 15.4. The summed E-state index contributed by atoms with van der Waals surface area (Å²) in [5.74, 6) is 1.86. The number of hydrogen-bond acceptors (Lipinski definition) is 3. The van der Waals surface area contributed by atoms with Crippen molar-refractivity contribution in [2.75, 3.05) is 6.54 Å². The van der Waals surface area contributed by atoms with E-state index in [-0.39, 0.29) is 5.92 Å². The SMILES string of the molecule is C=N/C(=C\C(=N)c1cccc(-c2cc3ccccc3c3ccccc23)c1)C/C=C(\C=C/C)C(CN)[C@@H]1C=CC[C@H](C)C1C. The molecule has 1 aliphatic carbocycles. The summed E-state index contributed by atoms with van der Waals surface area (Å²) in [7, 11) is 0. The topological polar surface area (TPSA) is 62.2 Å². The van der Waals surface area contributed by atoms with E-state index >= 15 is 0 Å². The van der Waals surface area contributed by atoms with E-state index in [9.17, 15) is 0 Å². The summed E-state index contributed by atoms with van der Waals surface area (Å²) in [5.41, 5.74) is 11.9. The zero-order valence-corrected chi connectivity index (χ0v) is 25.6. The van der Waals surface area contributed by atoms with Crippen molar-refractivity contribution in [1.82, 2.24) is 0 Å². The van der Waals surface area contributed by atoms with Crippen molar-refractivity contribution in [2.45, 2.75) is 33.6 Å². The molecule has 2 unspecified atom stereocenters. The summed E-state index contributed by atoms with van der Waals surface area (Å²) in [4.78, 5) is 4.32. The van der Waals surface area contributed by atoms with Crippen molar-refractivity contribution in [1.29, 1.82) is 5.41 Å². The van der Waals surface area contributed by atoms with Crippen LogP contribution < -0.4 is 5.73 Å². The zero-order chi connectivity index (χ0) is 30.3. The molecule has 0 spiro atoms. The second kappa shape index (κ2) is 13.8. The number of benzene rings is 4. The summed E-state index contributed by atoms with van der Waals surface area (Å²) < 4.78 is 0. The number of fused-ring (bicyclic) bond motifs is 3. The van der Waals surface area contributed by atoms with Gasteiger partial charge in [0.15, 0.2) is 0 Å². The van der Waals surface area contributed by atoms with Gasteiger partial charge in [0.05, 0.1) is 5.71 Å². The molecule has 43 heavy (non-hydrogen) atoms. The van der Waals surface area contributed by atoms with E-state index in [1.54, 1.807) is 0 Å². The maximum absolute atomic E-state index is 8.99. The van der Waals surface area contributed by atoms with Gasteiger partial charge in [0.2, 0.25) is 0 Å². The van der Waals surface area contributed by atoms with Crippen LogP contribution in [0.1, 0.15) is 39.2 Å². The molecule has 0 aromatic heterocycles. The van der Waals surface area contributed by atoms with E-state index in [1.807, 2.05) is 25.1 Å². The van der Waals surface area contributed by atoms with E-state index in [0.717, 1.165) is 23.2 Å². The fourth-order valence-electron chi connectivity index (χ4n) is 6.56. The molecule has 1 aliphatic rings. The number of allylic oxidation sites excluding steroid dienone is 6. The quantitative estimate of drug-likeness (QED) is 0.0854. The molecule has 0 saturated carbocycles. The summed E-state index contributed by atoms with van der Waals surface area (Å²) in [6.45, 7) is 11.2. The predicted octanol–water partition coefficient (Wildman–Crippen LogP) is 9.93. The molecule has 0 bridgehead atoms. The standard InChI is InChI=1S/C40H43N3/c1-5-12-29(39(26-41)34-20-10-13-27(2)28(34)3)21-22-33(43-4)25-40(42)32-16-11-15-30(23-32)38-24-31-14-6-7-17-35(31)36-18-8-9-19-37(36)38/h5-12,14-21,23-25,27-28,34,39,42H,4,13,22,26,41H2,1-3H3/b12-5-,29-21+,33-25-,42-40?/t27-,28?,34+,39?/m0/s1.